The molecule has 0 saturated carbocycles. The van der Waals surface area contributed by atoms with Gasteiger partial charge in [0.15, 0.2) is 0 Å². The number of amides is 1. The molecule has 0 radical (unpaired) electrons. The zero-order valence-corrected chi connectivity index (χ0v) is 19.8. The van der Waals surface area contributed by atoms with Gasteiger partial charge in [-0.15, -0.1) is 0 Å². The van der Waals surface area contributed by atoms with Crippen LogP contribution in [0.4, 0.5) is 5.69 Å². The van der Waals surface area contributed by atoms with Gasteiger partial charge in [-0.05, 0) is 53.9 Å². The van der Waals surface area contributed by atoms with E-state index in [4.69, 9.17) is 11.6 Å². The van der Waals surface area contributed by atoms with E-state index in [1.807, 2.05) is 60.7 Å². The molecule has 1 N–H and O–H groups in total. The second-order valence-electron chi connectivity index (χ2n) is 8.27. The van der Waals surface area contributed by atoms with E-state index in [0.717, 1.165) is 16.7 Å². The lowest BCUT2D eigenvalue weighted by Gasteiger charge is -2.14. The molecule has 35 heavy (non-hydrogen) atoms. The first-order chi connectivity index (χ1) is 17.0. The molecule has 5 rings (SSSR count). The van der Waals surface area contributed by atoms with Gasteiger partial charge in [0.25, 0.3) is 5.56 Å². The van der Waals surface area contributed by atoms with Crippen molar-refractivity contribution < 1.29 is 4.79 Å². The van der Waals surface area contributed by atoms with Crippen molar-refractivity contribution in [3.8, 4) is 16.8 Å². The lowest BCUT2D eigenvalue weighted by atomic mass is 10.0. The van der Waals surface area contributed by atoms with Crippen molar-refractivity contribution in [3.05, 3.63) is 124 Å². The minimum Gasteiger partial charge on any atom is -0.324 e. The standard InChI is InChI=1S/C29H22ClN3O2/c1-19-31-26-10-6-5-9-24(26)29(35)33(19)23-15-16-25(30)27(18-23)32-28(34)17-20-11-13-22(14-12-20)21-7-3-2-4-8-21/h2-16,18H,17H2,1H3,(H,32,34). The van der Waals surface area contributed by atoms with E-state index in [0.29, 0.717) is 33.1 Å². The van der Waals surface area contributed by atoms with Gasteiger partial charge < -0.3 is 5.32 Å². The Kier molecular flexibility index (Phi) is 6.17. The molecule has 1 aromatic heterocycles. The summed E-state index contributed by atoms with van der Waals surface area (Å²) in [6.07, 6.45) is 0.201. The Morgan fingerprint density at radius 1 is 0.886 bits per heavy atom. The van der Waals surface area contributed by atoms with Crippen molar-refractivity contribution in [2.24, 2.45) is 0 Å². The van der Waals surface area contributed by atoms with Gasteiger partial charge in [0.2, 0.25) is 5.91 Å². The second-order valence-corrected chi connectivity index (χ2v) is 8.68. The molecule has 6 heteroatoms. The van der Waals surface area contributed by atoms with Gasteiger partial charge in [-0.25, -0.2) is 4.98 Å². The predicted molar refractivity (Wildman–Crippen MR) is 141 cm³/mol. The lowest BCUT2D eigenvalue weighted by molar-refractivity contribution is -0.115. The summed E-state index contributed by atoms with van der Waals surface area (Å²) in [7, 11) is 0. The van der Waals surface area contributed by atoms with Gasteiger partial charge in [0, 0.05) is 0 Å². The third kappa shape index (κ3) is 4.72. The summed E-state index contributed by atoms with van der Waals surface area (Å²) in [4.78, 5) is 30.5. The van der Waals surface area contributed by atoms with Crippen molar-refractivity contribution in [2.75, 3.05) is 5.32 Å². The van der Waals surface area contributed by atoms with E-state index < -0.39 is 0 Å². The number of benzene rings is 4. The summed E-state index contributed by atoms with van der Waals surface area (Å²) in [5, 5.41) is 3.80. The van der Waals surface area contributed by atoms with Crippen molar-refractivity contribution >= 4 is 34.1 Å². The number of nitrogens with zero attached hydrogens (tertiary/aromatic N) is 2. The fraction of sp³-hybridized carbons (Fsp3) is 0.0690. The van der Waals surface area contributed by atoms with Gasteiger partial charge in [-0.1, -0.05) is 78.3 Å². The topological polar surface area (TPSA) is 64.0 Å². The van der Waals surface area contributed by atoms with Crippen LogP contribution in [0.25, 0.3) is 27.7 Å². The maximum atomic E-state index is 13.1. The fourth-order valence-electron chi connectivity index (χ4n) is 4.12. The Hall–Kier alpha value is -4.22. The summed E-state index contributed by atoms with van der Waals surface area (Å²) < 4.78 is 1.52. The number of aromatic nitrogens is 2. The average molecular weight is 480 g/mol. The third-order valence-corrected chi connectivity index (χ3v) is 6.18. The molecule has 5 nitrogen and oxygen atoms in total. The molecule has 0 fully saturated rings. The van der Waals surface area contributed by atoms with Crippen molar-refractivity contribution in [1.29, 1.82) is 0 Å². The minimum absolute atomic E-state index is 0.175. The van der Waals surface area contributed by atoms with Crippen LogP contribution in [0.2, 0.25) is 5.02 Å². The summed E-state index contributed by atoms with van der Waals surface area (Å²) in [6.45, 7) is 1.78. The highest BCUT2D eigenvalue weighted by Crippen LogP contribution is 2.26. The molecule has 5 aromatic rings. The molecule has 0 bridgehead atoms. The van der Waals surface area contributed by atoms with Gasteiger partial charge in [0.1, 0.15) is 5.82 Å². The van der Waals surface area contributed by atoms with E-state index >= 15 is 0 Å². The van der Waals surface area contributed by atoms with Crippen LogP contribution < -0.4 is 10.9 Å². The number of para-hydroxylation sites is 1. The van der Waals surface area contributed by atoms with Crippen LogP contribution in [0.1, 0.15) is 11.4 Å². The fourth-order valence-corrected chi connectivity index (χ4v) is 4.29. The normalized spacial score (nSPS) is 10.9. The van der Waals surface area contributed by atoms with Gasteiger partial charge >= 0.3 is 0 Å². The molecule has 172 valence electrons. The molecular formula is C29H22ClN3O2. The van der Waals surface area contributed by atoms with Crippen LogP contribution in [-0.2, 0) is 11.2 Å². The Labute approximate surface area is 207 Å². The Bertz CT molecular complexity index is 1590. The highest BCUT2D eigenvalue weighted by molar-refractivity contribution is 6.33. The second kappa shape index (κ2) is 9.57. The third-order valence-electron chi connectivity index (χ3n) is 5.85. The summed E-state index contributed by atoms with van der Waals surface area (Å²) in [6, 6.07) is 30.3. The molecule has 1 amide bonds. The van der Waals surface area contributed by atoms with Gasteiger partial charge in [-0.2, -0.15) is 0 Å². The highest BCUT2D eigenvalue weighted by atomic mass is 35.5. The van der Waals surface area contributed by atoms with Gasteiger partial charge in [0.05, 0.1) is 33.7 Å². The lowest BCUT2D eigenvalue weighted by Crippen LogP contribution is -2.22. The van der Waals surface area contributed by atoms with Crippen molar-refractivity contribution in [2.45, 2.75) is 13.3 Å². The minimum atomic E-state index is -0.197. The first-order valence-corrected chi connectivity index (χ1v) is 11.6. The monoisotopic (exact) mass is 479 g/mol. The summed E-state index contributed by atoms with van der Waals surface area (Å²) >= 11 is 6.38. The highest BCUT2D eigenvalue weighted by Gasteiger charge is 2.13. The number of carbonyl (C=O) groups is 1. The number of halogens is 1. The SMILES string of the molecule is Cc1nc2ccccc2c(=O)n1-c1ccc(Cl)c(NC(=O)Cc2ccc(-c3ccccc3)cc2)c1. The number of hydrogen-bond donors (Lipinski definition) is 1. The van der Waals surface area contributed by atoms with Crippen molar-refractivity contribution in [1.82, 2.24) is 9.55 Å². The predicted octanol–water partition coefficient (Wildman–Crippen LogP) is 6.20. The van der Waals surface area contributed by atoms with Gasteiger partial charge in [-0.3, -0.25) is 14.2 Å². The van der Waals surface area contributed by atoms with Crippen LogP contribution in [-0.4, -0.2) is 15.5 Å². The molecule has 4 aromatic carbocycles. The first-order valence-electron chi connectivity index (χ1n) is 11.2. The van der Waals surface area contributed by atoms with E-state index in [9.17, 15) is 9.59 Å². The smallest absolute Gasteiger partial charge is 0.265 e. The van der Waals surface area contributed by atoms with Crippen molar-refractivity contribution in [3.63, 3.8) is 0 Å². The molecule has 0 aliphatic carbocycles. The van der Waals surface area contributed by atoms with E-state index in [1.165, 1.54) is 4.57 Å². The molecule has 0 aliphatic rings. The molecule has 0 unspecified atom stereocenters. The number of hydrogen-bond acceptors (Lipinski definition) is 3. The number of carbonyl (C=O) groups excluding carboxylic acids is 1. The molecule has 1 heterocycles. The Morgan fingerprint density at radius 3 is 2.34 bits per heavy atom. The van der Waals surface area contributed by atoms with Crippen LogP contribution in [0.15, 0.2) is 102 Å². The summed E-state index contributed by atoms with van der Waals surface area (Å²) in [5.41, 5.74) is 4.60. The maximum Gasteiger partial charge on any atom is 0.265 e. The number of aryl methyl sites for hydroxylation is 1. The number of rotatable bonds is 5. The van der Waals surface area contributed by atoms with Crippen LogP contribution in [0, 0.1) is 6.92 Å². The largest absolute Gasteiger partial charge is 0.324 e. The van der Waals surface area contributed by atoms with Crippen LogP contribution in [0.3, 0.4) is 0 Å². The maximum absolute atomic E-state index is 13.1. The molecular weight excluding hydrogens is 458 g/mol. The van der Waals surface area contributed by atoms with E-state index in [2.05, 4.69) is 22.4 Å². The first kappa shape index (κ1) is 22.6. The van der Waals surface area contributed by atoms with E-state index in [1.54, 1.807) is 31.2 Å². The molecule has 0 aliphatic heterocycles. The van der Waals surface area contributed by atoms with Crippen LogP contribution >= 0.6 is 11.6 Å². The van der Waals surface area contributed by atoms with E-state index in [-0.39, 0.29) is 17.9 Å². The van der Waals surface area contributed by atoms with Crippen LogP contribution in [0.5, 0.6) is 0 Å². The number of fused-ring (bicyclic) bond motifs is 1. The molecule has 0 atom stereocenters. The average Bonchev–Trinajstić information content (AvgIpc) is 2.87. The molecule has 0 saturated heterocycles. The number of anilines is 1. The zero-order valence-electron chi connectivity index (χ0n) is 19.0. The zero-order chi connectivity index (χ0) is 24.4. The summed E-state index contributed by atoms with van der Waals surface area (Å²) in [5.74, 6) is 0.351. The Balaban J connectivity index is 1.38. The quantitative estimate of drug-likeness (QED) is 0.326. The number of nitrogens with one attached hydrogen (secondary N) is 1. The molecule has 0 spiro atoms. The Morgan fingerprint density at radius 2 is 1.57 bits per heavy atom.